The van der Waals surface area contributed by atoms with Crippen LogP contribution < -0.4 is 5.73 Å². The van der Waals surface area contributed by atoms with E-state index < -0.39 is 4.92 Å². The fraction of sp³-hybridized carbons (Fsp3) is 0.769. The van der Waals surface area contributed by atoms with Crippen molar-refractivity contribution in [1.29, 1.82) is 0 Å². The molecule has 1 unspecified atom stereocenters. The number of rotatable bonds is 2. The van der Waals surface area contributed by atoms with Crippen molar-refractivity contribution in [2.75, 3.05) is 5.73 Å². The smallest absolute Gasteiger partial charge is 0.333 e. The number of anilines is 1. The first kappa shape index (κ1) is 13.8. The molecule has 2 N–H and O–H groups in total. The van der Waals surface area contributed by atoms with Gasteiger partial charge in [0.25, 0.3) is 0 Å². The third kappa shape index (κ3) is 2.72. The number of nitrogens with two attached hydrogens (primary N) is 1. The van der Waals surface area contributed by atoms with Crippen LogP contribution >= 0.6 is 0 Å². The molecule has 0 aliphatic heterocycles. The van der Waals surface area contributed by atoms with Crippen LogP contribution in [0.1, 0.15) is 57.7 Å². The lowest BCUT2D eigenvalue weighted by Gasteiger charge is -2.22. The Kier molecular flexibility index (Phi) is 3.52. The van der Waals surface area contributed by atoms with Crippen molar-refractivity contribution < 1.29 is 4.92 Å². The average molecular weight is 266 g/mol. The first-order chi connectivity index (χ1) is 8.82. The minimum absolute atomic E-state index is 0.0384. The fourth-order valence-corrected chi connectivity index (χ4v) is 2.95. The normalized spacial score (nSPS) is 23.0. The summed E-state index contributed by atoms with van der Waals surface area (Å²) in [5, 5.41) is 15.3. The zero-order valence-corrected chi connectivity index (χ0v) is 11.8. The van der Waals surface area contributed by atoms with Gasteiger partial charge < -0.3 is 5.73 Å². The van der Waals surface area contributed by atoms with E-state index in [1.54, 1.807) is 11.6 Å². The zero-order valence-electron chi connectivity index (χ0n) is 11.8. The predicted octanol–water partition coefficient (Wildman–Crippen LogP) is 3.21. The summed E-state index contributed by atoms with van der Waals surface area (Å²) >= 11 is 0. The van der Waals surface area contributed by atoms with Gasteiger partial charge in [0.2, 0.25) is 5.82 Å². The van der Waals surface area contributed by atoms with Crippen LogP contribution in [0.5, 0.6) is 0 Å². The third-order valence-electron chi connectivity index (χ3n) is 4.16. The summed E-state index contributed by atoms with van der Waals surface area (Å²) in [5.74, 6) is 0.201. The quantitative estimate of drug-likeness (QED) is 0.506. The first-order valence-corrected chi connectivity index (χ1v) is 6.81. The van der Waals surface area contributed by atoms with Crippen molar-refractivity contribution in [1.82, 2.24) is 9.78 Å². The Hall–Kier alpha value is -1.59. The molecule has 19 heavy (non-hydrogen) atoms. The van der Waals surface area contributed by atoms with Gasteiger partial charge in [-0.25, -0.2) is 4.68 Å². The minimum atomic E-state index is -0.436. The largest absolute Gasteiger partial charge is 0.378 e. The molecule has 1 heterocycles. The SMILES string of the molecule is Cc1nn(C2CCCC(C)(C)CC2)c(N)c1[N+](=O)[O-]. The van der Waals surface area contributed by atoms with E-state index in [1.165, 1.54) is 6.42 Å². The molecule has 0 saturated heterocycles. The molecule has 6 nitrogen and oxygen atoms in total. The number of nitro groups is 1. The summed E-state index contributed by atoms with van der Waals surface area (Å²) in [6.45, 7) is 6.19. The van der Waals surface area contributed by atoms with Crippen LogP contribution in [0.3, 0.4) is 0 Å². The van der Waals surface area contributed by atoms with Crippen LogP contribution in [-0.2, 0) is 0 Å². The van der Waals surface area contributed by atoms with Gasteiger partial charge in [0.05, 0.1) is 11.0 Å². The number of aromatic nitrogens is 2. The Morgan fingerprint density at radius 1 is 1.42 bits per heavy atom. The van der Waals surface area contributed by atoms with Crippen molar-refractivity contribution in [3.05, 3.63) is 15.8 Å². The van der Waals surface area contributed by atoms with E-state index in [2.05, 4.69) is 18.9 Å². The topological polar surface area (TPSA) is 87.0 Å². The van der Waals surface area contributed by atoms with Crippen molar-refractivity contribution in [3.8, 4) is 0 Å². The molecule has 0 amide bonds. The second-order valence-corrected chi connectivity index (χ2v) is 6.27. The van der Waals surface area contributed by atoms with Crippen molar-refractivity contribution in [3.63, 3.8) is 0 Å². The molecule has 0 bridgehead atoms. The van der Waals surface area contributed by atoms with Crippen molar-refractivity contribution >= 4 is 11.5 Å². The van der Waals surface area contributed by atoms with Gasteiger partial charge in [0.15, 0.2) is 0 Å². The standard InChI is InChI=1S/C13H22N4O2/c1-9-11(17(18)19)12(14)16(15-9)10-5-4-7-13(2,3)8-6-10/h10H,4-8,14H2,1-3H3. The third-order valence-corrected chi connectivity index (χ3v) is 4.16. The molecule has 1 atom stereocenters. The molecule has 1 saturated carbocycles. The molecule has 0 aromatic carbocycles. The van der Waals surface area contributed by atoms with Crippen LogP contribution in [0.15, 0.2) is 0 Å². The highest BCUT2D eigenvalue weighted by Crippen LogP contribution is 2.40. The van der Waals surface area contributed by atoms with E-state index in [-0.39, 0.29) is 17.5 Å². The highest BCUT2D eigenvalue weighted by Gasteiger charge is 2.30. The fourth-order valence-electron chi connectivity index (χ4n) is 2.95. The Morgan fingerprint density at radius 2 is 2.11 bits per heavy atom. The second-order valence-electron chi connectivity index (χ2n) is 6.27. The van der Waals surface area contributed by atoms with E-state index in [1.807, 2.05) is 0 Å². The molecule has 0 radical (unpaired) electrons. The summed E-state index contributed by atoms with van der Waals surface area (Å²) < 4.78 is 1.68. The maximum atomic E-state index is 11.0. The van der Waals surface area contributed by atoms with Gasteiger partial charge in [-0.1, -0.05) is 20.3 Å². The van der Waals surface area contributed by atoms with E-state index in [0.29, 0.717) is 11.1 Å². The molecule has 2 rings (SSSR count). The molecule has 106 valence electrons. The highest BCUT2D eigenvalue weighted by atomic mass is 16.6. The lowest BCUT2D eigenvalue weighted by Crippen LogP contribution is -2.14. The van der Waals surface area contributed by atoms with Crippen LogP contribution in [0.4, 0.5) is 11.5 Å². The van der Waals surface area contributed by atoms with E-state index in [9.17, 15) is 10.1 Å². The second kappa shape index (κ2) is 4.83. The average Bonchev–Trinajstić information content (AvgIpc) is 2.47. The molecule has 1 aliphatic carbocycles. The Labute approximate surface area is 113 Å². The molecule has 1 aromatic rings. The zero-order chi connectivity index (χ0) is 14.2. The number of nitrogens with zero attached hydrogens (tertiary/aromatic N) is 3. The number of hydrogen-bond donors (Lipinski definition) is 1. The first-order valence-electron chi connectivity index (χ1n) is 6.81. The number of hydrogen-bond acceptors (Lipinski definition) is 4. The molecular formula is C13H22N4O2. The molecule has 1 aliphatic rings. The monoisotopic (exact) mass is 266 g/mol. The Morgan fingerprint density at radius 3 is 2.68 bits per heavy atom. The molecule has 1 fully saturated rings. The molecule has 1 aromatic heterocycles. The van der Waals surface area contributed by atoms with E-state index >= 15 is 0 Å². The Balaban J connectivity index is 2.28. The summed E-state index contributed by atoms with van der Waals surface area (Å²) in [5.41, 5.74) is 6.63. The minimum Gasteiger partial charge on any atom is -0.378 e. The van der Waals surface area contributed by atoms with E-state index in [4.69, 9.17) is 5.73 Å². The molecule has 6 heteroatoms. The maximum absolute atomic E-state index is 11.0. The summed E-state index contributed by atoms with van der Waals surface area (Å²) in [6.07, 6.45) is 5.38. The van der Waals surface area contributed by atoms with Crippen LogP contribution in [-0.4, -0.2) is 14.7 Å². The van der Waals surface area contributed by atoms with E-state index in [0.717, 1.165) is 25.7 Å². The van der Waals surface area contributed by atoms with Crippen LogP contribution in [0.2, 0.25) is 0 Å². The lowest BCUT2D eigenvalue weighted by molar-refractivity contribution is -0.384. The van der Waals surface area contributed by atoms with Gasteiger partial charge in [-0.05, 0) is 38.0 Å². The summed E-state index contributed by atoms with van der Waals surface area (Å²) in [6, 6.07) is 0.189. The summed E-state index contributed by atoms with van der Waals surface area (Å²) in [7, 11) is 0. The highest BCUT2D eigenvalue weighted by molar-refractivity contribution is 5.56. The van der Waals surface area contributed by atoms with Gasteiger partial charge in [-0.3, -0.25) is 10.1 Å². The van der Waals surface area contributed by atoms with Crippen LogP contribution in [0, 0.1) is 22.5 Å². The van der Waals surface area contributed by atoms with Crippen LogP contribution in [0.25, 0.3) is 0 Å². The van der Waals surface area contributed by atoms with Crippen molar-refractivity contribution in [2.45, 2.75) is 58.9 Å². The number of nitrogen functional groups attached to an aromatic ring is 1. The van der Waals surface area contributed by atoms with Gasteiger partial charge in [0.1, 0.15) is 5.69 Å². The number of aryl methyl sites for hydroxylation is 1. The lowest BCUT2D eigenvalue weighted by atomic mass is 9.85. The predicted molar refractivity (Wildman–Crippen MR) is 73.9 cm³/mol. The molecular weight excluding hydrogens is 244 g/mol. The van der Waals surface area contributed by atoms with Gasteiger partial charge >= 0.3 is 5.69 Å². The van der Waals surface area contributed by atoms with Gasteiger partial charge in [-0.2, -0.15) is 5.10 Å². The molecule has 0 spiro atoms. The maximum Gasteiger partial charge on any atom is 0.333 e. The van der Waals surface area contributed by atoms with Gasteiger partial charge in [0, 0.05) is 0 Å². The summed E-state index contributed by atoms with van der Waals surface area (Å²) in [4.78, 5) is 10.5. The Bertz CT molecular complexity index is 493. The van der Waals surface area contributed by atoms with Crippen molar-refractivity contribution in [2.24, 2.45) is 5.41 Å². The van der Waals surface area contributed by atoms with Gasteiger partial charge in [-0.15, -0.1) is 0 Å².